The Morgan fingerprint density at radius 2 is 1.76 bits per heavy atom. The third kappa shape index (κ3) is 5.37. The summed E-state index contributed by atoms with van der Waals surface area (Å²) in [7, 11) is 0. The summed E-state index contributed by atoms with van der Waals surface area (Å²) >= 11 is 0. The number of carbonyl (C=O) groups excluding carboxylic acids is 3. The number of ether oxygens (including phenoxy) is 4. The molecule has 1 aliphatic carbocycles. The maximum atomic E-state index is 13.0. The highest BCUT2D eigenvalue weighted by molar-refractivity contribution is 5.94. The molecular weight excluding hydrogens is 480 g/mol. The Labute approximate surface area is 216 Å². The lowest BCUT2D eigenvalue weighted by atomic mass is 9.91. The maximum Gasteiger partial charge on any atom is 0.344 e. The van der Waals surface area contributed by atoms with Gasteiger partial charge in [-0.2, -0.15) is 0 Å². The van der Waals surface area contributed by atoms with Gasteiger partial charge in [0.1, 0.15) is 0 Å². The highest BCUT2D eigenvalue weighted by Crippen LogP contribution is 2.49. The first-order valence-electron chi connectivity index (χ1n) is 13.3. The number of carbonyl (C=O) groups is 3. The Hall–Kier alpha value is -2.56. The summed E-state index contributed by atoms with van der Waals surface area (Å²) in [6.45, 7) is 8.34. The van der Waals surface area contributed by atoms with Gasteiger partial charge in [-0.1, -0.05) is 25.7 Å². The smallest absolute Gasteiger partial charge is 0.344 e. The van der Waals surface area contributed by atoms with Crippen LogP contribution >= 0.6 is 0 Å². The third-order valence-corrected chi connectivity index (χ3v) is 8.01. The fourth-order valence-corrected chi connectivity index (χ4v) is 5.56. The van der Waals surface area contributed by atoms with Crippen LogP contribution in [-0.4, -0.2) is 64.8 Å². The van der Waals surface area contributed by atoms with Crippen molar-refractivity contribution in [3.05, 3.63) is 11.3 Å². The minimum absolute atomic E-state index is 0.00421. The van der Waals surface area contributed by atoms with Crippen molar-refractivity contribution in [3.63, 3.8) is 0 Å². The van der Waals surface area contributed by atoms with Crippen LogP contribution in [-0.2, 0) is 24.7 Å². The van der Waals surface area contributed by atoms with Crippen molar-refractivity contribution in [3.8, 4) is 17.4 Å². The second kappa shape index (κ2) is 9.96. The molecule has 3 bridgehead atoms. The van der Waals surface area contributed by atoms with Crippen molar-refractivity contribution in [2.45, 2.75) is 83.3 Å². The number of esters is 3. The minimum Gasteiger partial charge on any atom is -0.420 e. The predicted octanol–water partition coefficient (Wildman–Crippen LogP) is 2.80. The lowest BCUT2D eigenvalue weighted by Gasteiger charge is -2.38. The summed E-state index contributed by atoms with van der Waals surface area (Å²) in [5.41, 5.74) is -2.63. The monoisotopic (exact) mass is 516 g/mol. The highest BCUT2D eigenvalue weighted by Gasteiger charge is 2.50. The van der Waals surface area contributed by atoms with Gasteiger partial charge in [-0.05, 0) is 52.0 Å². The van der Waals surface area contributed by atoms with Crippen LogP contribution in [0.15, 0.2) is 0 Å². The molecule has 0 spiro atoms. The van der Waals surface area contributed by atoms with E-state index in [0.717, 1.165) is 38.5 Å². The normalized spacial score (nSPS) is 26.2. The average Bonchev–Trinajstić information content (AvgIpc) is 3.50. The van der Waals surface area contributed by atoms with Crippen molar-refractivity contribution in [1.29, 1.82) is 0 Å². The van der Waals surface area contributed by atoms with E-state index in [1.165, 1.54) is 25.7 Å². The fourth-order valence-electron chi connectivity index (χ4n) is 5.56. The van der Waals surface area contributed by atoms with Crippen LogP contribution in [0.25, 0.3) is 0 Å². The van der Waals surface area contributed by atoms with E-state index in [1.807, 2.05) is 13.8 Å². The molecule has 1 unspecified atom stereocenters. The molecule has 2 atom stereocenters. The molecule has 4 heterocycles. The molecule has 0 radical (unpaired) electrons. The number of unbranched alkanes of at least 4 members (excludes halogenated alkanes) is 1. The van der Waals surface area contributed by atoms with Crippen molar-refractivity contribution >= 4 is 17.9 Å². The third-order valence-electron chi connectivity index (χ3n) is 8.01. The van der Waals surface area contributed by atoms with Crippen LogP contribution in [0, 0.1) is 18.8 Å². The van der Waals surface area contributed by atoms with Gasteiger partial charge in [0.25, 0.3) is 0 Å². The molecule has 1 saturated carbocycles. The summed E-state index contributed by atoms with van der Waals surface area (Å²) in [6, 6.07) is 0. The predicted molar refractivity (Wildman–Crippen MR) is 130 cm³/mol. The van der Waals surface area contributed by atoms with Gasteiger partial charge in [-0.15, -0.1) is 0 Å². The zero-order valence-electron chi connectivity index (χ0n) is 21.8. The molecule has 4 aliphatic rings. The number of fused-ring (bicyclic) bond motifs is 3. The maximum absolute atomic E-state index is 13.0. The van der Waals surface area contributed by atoms with Gasteiger partial charge in [-0.25, -0.2) is 9.78 Å². The van der Waals surface area contributed by atoms with Gasteiger partial charge in [0.2, 0.25) is 5.88 Å². The van der Waals surface area contributed by atoms with E-state index in [9.17, 15) is 19.5 Å². The summed E-state index contributed by atoms with van der Waals surface area (Å²) in [4.78, 5) is 45.0. The van der Waals surface area contributed by atoms with Crippen LogP contribution in [0.5, 0.6) is 17.4 Å². The summed E-state index contributed by atoms with van der Waals surface area (Å²) in [5, 5.41) is 10.8. The van der Waals surface area contributed by atoms with Crippen molar-refractivity contribution in [2.24, 2.45) is 11.8 Å². The fraction of sp³-hybridized carbons (Fsp3) is 0.704. The Bertz CT molecular complexity index is 1100. The molecule has 37 heavy (non-hydrogen) atoms. The molecule has 202 valence electrons. The quantitative estimate of drug-likeness (QED) is 0.387. The zero-order valence-corrected chi connectivity index (χ0v) is 21.8. The molecule has 1 aromatic heterocycles. The molecular formula is C27H36N2O8. The van der Waals surface area contributed by atoms with Crippen LogP contribution in [0.4, 0.5) is 0 Å². The van der Waals surface area contributed by atoms with Crippen molar-refractivity contribution in [2.75, 3.05) is 26.3 Å². The van der Waals surface area contributed by atoms with Crippen LogP contribution in [0.3, 0.4) is 0 Å². The molecule has 1 N–H and O–H groups in total. The number of aromatic nitrogens is 1. The molecule has 5 rings (SSSR count). The van der Waals surface area contributed by atoms with Crippen molar-refractivity contribution in [1.82, 2.24) is 9.88 Å². The van der Waals surface area contributed by atoms with Gasteiger partial charge < -0.3 is 24.1 Å². The molecule has 0 amide bonds. The SMILES string of the molecule is Cc1nc2c(C(C)(C)N3CC[C@H](COCCCCC4CC4)C3)c3c1OC(=O)CC(O)(CC(=O)O2)C(=O)O3. The van der Waals surface area contributed by atoms with E-state index in [2.05, 4.69) is 9.88 Å². The van der Waals surface area contributed by atoms with E-state index in [4.69, 9.17) is 18.9 Å². The second-order valence-corrected chi connectivity index (χ2v) is 11.4. The van der Waals surface area contributed by atoms with Crippen molar-refractivity contribution < 1.29 is 38.4 Å². The lowest BCUT2D eigenvalue weighted by Crippen LogP contribution is -2.47. The Balaban J connectivity index is 1.38. The van der Waals surface area contributed by atoms with E-state index >= 15 is 0 Å². The van der Waals surface area contributed by atoms with Crippen LogP contribution in [0.2, 0.25) is 0 Å². The molecule has 1 saturated heterocycles. The Morgan fingerprint density at radius 1 is 1.03 bits per heavy atom. The second-order valence-electron chi connectivity index (χ2n) is 11.4. The Morgan fingerprint density at radius 3 is 2.49 bits per heavy atom. The standard InChI is InChI=1S/C27H36N2O8/c1-16-22-23-21(24(28-16)36-20(31)13-27(33,25(32)37-23)12-19(30)35-22)26(2,3)29-10-9-18(14-29)15-34-11-5-4-6-17-7-8-17/h17-18,33H,4-15H2,1-3H3/t18-,27?/m0/s1. The number of nitrogens with zero attached hydrogens (tertiary/aromatic N) is 2. The van der Waals surface area contributed by atoms with E-state index in [-0.39, 0.29) is 23.1 Å². The Kier molecular flexibility index (Phi) is 7.02. The topological polar surface area (TPSA) is 124 Å². The minimum atomic E-state index is -2.39. The first kappa shape index (κ1) is 26.1. The molecule has 1 aromatic rings. The first-order chi connectivity index (χ1) is 17.6. The summed E-state index contributed by atoms with van der Waals surface area (Å²) < 4.78 is 22.8. The van der Waals surface area contributed by atoms with E-state index < -0.39 is 41.9 Å². The zero-order chi connectivity index (χ0) is 26.4. The molecule has 2 fully saturated rings. The lowest BCUT2D eigenvalue weighted by molar-refractivity contribution is -0.168. The number of pyridine rings is 1. The van der Waals surface area contributed by atoms with E-state index in [0.29, 0.717) is 18.1 Å². The van der Waals surface area contributed by atoms with Gasteiger partial charge >= 0.3 is 17.9 Å². The van der Waals surface area contributed by atoms with Gasteiger partial charge in [0.15, 0.2) is 17.1 Å². The number of likely N-dealkylation sites (tertiary alicyclic amines) is 1. The van der Waals surface area contributed by atoms with Gasteiger partial charge in [-0.3, -0.25) is 14.5 Å². The summed E-state index contributed by atoms with van der Waals surface area (Å²) in [5.74, 6) is -1.62. The first-order valence-corrected chi connectivity index (χ1v) is 13.3. The molecule has 10 heteroatoms. The number of hydrogen-bond donors (Lipinski definition) is 1. The van der Waals surface area contributed by atoms with Gasteiger partial charge in [0, 0.05) is 18.7 Å². The highest BCUT2D eigenvalue weighted by atomic mass is 16.6. The number of rotatable bonds is 9. The molecule has 10 nitrogen and oxygen atoms in total. The van der Waals surface area contributed by atoms with Crippen LogP contribution < -0.4 is 14.2 Å². The number of aryl methyl sites for hydroxylation is 1. The largest absolute Gasteiger partial charge is 0.420 e. The number of hydrogen-bond acceptors (Lipinski definition) is 10. The molecule has 0 aromatic carbocycles. The molecule has 3 aliphatic heterocycles. The average molecular weight is 517 g/mol. The van der Waals surface area contributed by atoms with E-state index in [1.54, 1.807) is 6.92 Å². The van der Waals surface area contributed by atoms with Crippen LogP contribution in [0.1, 0.15) is 76.5 Å². The number of aliphatic hydroxyl groups is 1. The summed E-state index contributed by atoms with van der Waals surface area (Å²) in [6.07, 6.45) is 5.84. The van der Waals surface area contributed by atoms with Gasteiger partial charge in [0.05, 0.1) is 30.7 Å².